The van der Waals surface area contributed by atoms with Crippen LogP contribution >= 0.6 is 8.58 Å². The molecule has 0 aliphatic carbocycles. The van der Waals surface area contributed by atoms with Crippen LogP contribution in [0.2, 0.25) is 0 Å². The van der Waals surface area contributed by atoms with E-state index in [2.05, 4.69) is 67.5 Å². The molecule has 0 aromatic heterocycles. The average Bonchev–Trinajstić information content (AvgIpc) is 2.42. The quantitative estimate of drug-likeness (QED) is 0.522. The molecule has 0 spiro atoms. The number of carbonyl (C=O) groups is 1. The Morgan fingerprint density at radius 2 is 1.32 bits per heavy atom. The molecule has 22 heavy (non-hydrogen) atoms. The SMILES string of the molecule is CC(C)CPC(=O)c1c(C(C)C)cc(C(C)C)cc1C(C)C. The molecule has 0 amide bonds. The van der Waals surface area contributed by atoms with Crippen molar-refractivity contribution in [2.45, 2.75) is 73.1 Å². The highest BCUT2D eigenvalue weighted by molar-refractivity contribution is 7.58. The lowest BCUT2D eigenvalue weighted by molar-refractivity contribution is 0.108. The number of rotatable bonds is 7. The van der Waals surface area contributed by atoms with Gasteiger partial charge in [0.25, 0.3) is 0 Å². The molecule has 1 rings (SSSR count). The van der Waals surface area contributed by atoms with E-state index >= 15 is 0 Å². The van der Waals surface area contributed by atoms with Crippen LogP contribution in [0.1, 0.15) is 100 Å². The van der Waals surface area contributed by atoms with Gasteiger partial charge in [-0.2, -0.15) is 0 Å². The third kappa shape index (κ3) is 4.92. The summed E-state index contributed by atoms with van der Waals surface area (Å²) >= 11 is 0. The lowest BCUT2D eigenvalue weighted by atomic mass is 9.85. The lowest BCUT2D eigenvalue weighted by Gasteiger charge is -2.22. The van der Waals surface area contributed by atoms with Crippen LogP contribution in [0.4, 0.5) is 0 Å². The Labute approximate surface area is 139 Å². The molecule has 0 heterocycles. The van der Waals surface area contributed by atoms with Gasteiger partial charge in [-0.15, -0.1) is 0 Å². The molecule has 1 unspecified atom stereocenters. The van der Waals surface area contributed by atoms with Gasteiger partial charge in [-0.05, 0) is 55.1 Å². The second kappa shape index (κ2) is 8.25. The van der Waals surface area contributed by atoms with Crippen LogP contribution in [0.15, 0.2) is 12.1 Å². The summed E-state index contributed by atoms with van der Waals surface area (Å²) in [5.74, 6) is 1.86. The molecule has 1 atom stereocenters. The summed E-state index contributed by atoms with van der Waals surface area (Å²) in [6, 6.07) is 4.54. The first-order valence-electron chi connectivity index (χ1n) is 8.61. The highest BCUT2D eigenvalue weighted by Crippen LogP contribution is 2.36. The maximum Gasteiger partial charge on any atom is 0.181 e. The number of hydrogen-bond acceptors (Lipinski definition) is 1. The zero-order valence-electron chi connectivity index (χ0n) is 15.6. The first-order chi connectivity index (χ1) is 10.1. The molecular formula is C20H33OP. The molecule has 0 fully saturated rings. The summed E-state index contributed by atoms with van der Waals surface area (Å²) in [7, 11) is 0.394. The minimum absolute atomic E-state index is 0.358. The molecule has 0 radical (unpaired) electrons. The summed E-state index contributed by atoms with van der Waals surface area (Å²) in [6.45, 7) is 17.6. The van der Waals surface area contributed by atoms with E-state index < -0.39 is 0 Å². The fraction of sp³-hybridized carbons (Fsp3) is 0.650. The van der Waals surface area contributed by atoms with Gasteiger partial charge in [-0.3, -0.25) is 4.79 Å². The summed E-state index contributed by atoms with van der Waals surface area (Å²) in [6.07, 6.45) is 1.000. The molecule has 0 aliphatic rings. The van der Waals surface area contributed by atoms with Crippen molar-refractivity contribution < 1.29 is 4.79 Å². The van der Waals surface area contributed by atoms with Crippen molar-refractivity contribution >= 4 is 14.1 Å². The van der Waals surface area contributed by atoms with Gasteiger partial charge in [0.15, 0.2) is 5.52 Å². The fourth-order valence-electron chi connectivity index (χ4n) is 2.60. The first-order valence-corrected chi connectivity index (χ1v) is 9.81. The molecule has 1 aromatic rings. The summed E-state index contributed by atoms with van der Waals surface area (Å²) < 4.78 is 0. The Bertz CT molecular complexity index is 483. The van der Waals surface area contributed by atoms with Crippen molar-refractivity contribution in [3.05, 3.63) is 34.4 Å². The van der Waals surface area contributed by atoms with Gasteiger partial charge in [0, 0.05) is 5.56 Å². The molecular weight excluding hydrogens is 287 g/mol. The second-order valence-electron chi connectivity index (χ2n) is 7.64. The highest BCUT2D eigenvalue weighted by Gasteiger charge is 2.22. The molecule has 1 nitrogen and oxygen atoms in total. The number of benzene rings is 1. The third-order valence-corrected chi connectivity index (χ3v) is 5.62. The number of carbonyl (C=O) groups excluding carboxylic acids is 1. The van der Waals surface area contributed by atoms with E-state index in [4.69, 9.17) is 0 Å². The van der Waals surface area contributed by atoms with Crippen LogP contribution in [-0.4, -0.2) is 11.7 Å². The van der Waals surface area contributed by atoms with Gasteiger partial charge < -0.3 is 0 Å². The molecule has 0 saturated heterocycles. The van der Waals surface area contributed by atoms with Crippen LogP contribution in [0.25, 0.3) is 0 Å². The standard InChI is InChI=1S/C20H33OP/c1-12(2)11-22-20(21)19-17(14(5)6)9-16(13(3)4)10-18(19)15(7)8/h9-10,12-15,22H,11H2,1-8H3. The van der Waals surface area contributed by atoms with Crippen molar-refractivity contribution in [2.75, 3.05) is 6.16 Å². The van der Waals surface area contributed by atoms with E-state index in [1.165, 1.54) is 16.7 Å². The van der Waals surface area contributed by atoms with Gasteiger partial charge in [-0.1, -0.05) is 67.5 Å². The van der Waals surface area contributed by atoms with Crippen molar-refractivity contribution in [2.24, 2.45) is 5.92 Å². The zero-order valence-corrected chi connectivity index (χ0v) is 16.6. The van der Waals surface area contributed by atoms with Gasteiger partial charge in [0.05, 0.1) is 0 Å². The van der Waals surface area contributed by atoms with E-state index in [0.29, 0.717) is 37.8 Å². The van der Waals surface area contributed by atoms with Gasteiger partial charge in [0.2, 0.25) is 0 Å². The highest BCUT2D eigenvalue weighted by atomic mass is 31.1. The molecule has 2 heteroatoms. The van der Waals surface area contributed by atoms with Crippen molar-refractivity contribution in [3.8, 4) is 0 Å². The molecule has 0 N–H and O–H groups in total. The first kappa shape index (κ1) is 19.4. The molecule has 0 bridgehead atoms. The maximum atomic E-state index is 12.9. The monoisotopic (exact) mass is 320 g/mol. The third-order valence-electron chi connectivity index (χ3n) is 4.03. The zero-order chi connectivity index (χ0) is 17.0. The summed E-state index contributed by atoms with van der Waals surface area (Å²) in [5.41, 5.74) is 5.23. The normalized spacial score (nSPS) is 12.5. The van der Waals surface area contributed by atoms with Gasteiger partial charge in [-0.25, -0.2) is 0 Å². The van der Waals surface area contributed by atoms with Crippen LogP contribution in [0.5, 0.6) is 0 Å². The van der Waals surface area contributed by atoms with Crippen molar-refractivity contribution in [3.63, 3.8) is 0 Å². The van der Waals surface area contributed by atoms with E-state index in [1.54, 1.807) is 0 Å². The van der Waals surface area contributed by atoms with E-state index in [-0.39, 0.29) is 0 Å². The number of hydrogen-bond donors (Lipinski definition) is 0. The molecule has 0 aliphatic heterocycles. The molecule has 124 valence electrons. The topological polar surface area (TPSA) is 17.1 Å². The van der Waals surface area contributed by atoms with Crippen LogP contribution in [0, 0.1) is 5.92 Å². The van der Waals surface area contributed by atoms with E-state index in [0.717, 1.165) is 11.7 Å². The van der Waals surface area contributed by atoms with Gasteiger partial charge in [0.1, 0.15) is 0 Å². The summed E-state index contributed by atoms with van der Waals surface area (Å²) in [4.78, 5) is 12.9. The summed E-state index contributed by atoms with van der Waals surface area (Å²) in [5, 5.41) is 0. The van der Waals surface area contributed by atoms with Gasteiger partial charge >= 0.3 is 0 Å². The Morgan fingerprint density at radius 1 is 0.864 bits per heavy atom. The van der Waals surface area contributed by atoms with Crippen LogP contribution in [-0.2, 0) is 0 Å². The van der Waals surface area contributed by atoms with Crippen LogP contribution in [0.3, 0.4) is 0 Å². The average molecular weight is 320 g/mol. The minimum Gasteiger partial charge on any atom is -0.289 e. The fourth-order valence-corrected chi connectivity index (χ4v) is 3.66. The Hall–Kier alpha value is -0.680. The molecule has 1 aromatic carbocycles. The van der Waals surface area contributed by atoms with Crippen molar-refractivity contribution in [1.82, 2.24) is 0 Å². The predicted molar refractivity (Wildman–Crippen MR) is 101 cm³/mol. The second-order valence-corrected chi connectivity index (χ2v) is 8.86. The largest absolute Gasteiger partial charge is 0.289 e. The lowest BCUT2D eigenvalue weighted by Crippen LogP contribution is -2.10. The predicted octanol–water partition coefficient (Wildman–Crippen LogP) is 6.53. The molecule has 0 saturated carbocycles. The van der Waals surface area contributed by atoms with Crippen LogP contribution < -0.4 is 0 Å². The van der Waals surface area contributed by atoms with Crippen molar-refractivity contribution in [1.29, 1.82) is 0 Å². The minimum atomic E-state index is 0.358. The van der Waals surface area contributed by atoms with E-state index in [9.17, 15) is 4.79 Å². The van der Waals surface area contributed by atoms with E-state index in [1.807, 2.05) is 0 Å². The Morgan fingerprint density at radius 3 is 1.64 bits per heavy atom. The smallest absolute Gasteiger partial charge is 0.181 e. The Balaban J connectivity index is 3.41. The maximum absolute atomic E-state index is 12.9. The Kier molecular flexibility index (Phi) is 7.26.